The van der Waals surface area contributed by atoms with E-state index in [0.717, 1.165) is 0 Å². The summed E-state index contributed by atoms with van der Waals surface area (Å²) in [7, 11) is 0. The van der Waals surface area contributed by atoms with Gasteiger partial charge in [-0.1, -0.05) is 32.1 Å². The van der Waals surface area contributed by atoms with Crippen LogP contribution in [0.1, 0.15) is 41.5 Å². The van der Waals surface area contributed by atoms with Crippen molar-refractivity contribution in [1.82, 2.24) is 0 Å². The molecule has 0 aromatic carbocycles. The molecule has 0 aliphatic heterocycles. The number of rotatable bonds is 1. The fraction of sp³-hybridized carbons (Fsp3) is 0.545. The van der Waals surface area contributed by atoms with E-state index in [1.807, 2.05) is 59.8 Å². The number of nitrogens with zero attached hydrogens (tertiary/aromatic N) is 1. The molecule has 0 unspecified atom stereocenters. The van der Waals surface area contributed by atoms with Crippen molar-refractivity contribution < 1.29 is 0 Å². The first kappa shape index (κ1) is 17.3. The molecule has 12 heavy (non-hydrogen) atoms. The summed E-state index contributed by atoms with van der Waals surface area (Å²) in [5.74, 6) is 0. The van der Waals surface area contributed by atoms with Crippen LogP contribution in [0.25, 0.3) is 0 Å². The number of allylic oxidation sites excluding steroid dienone is 3. The van der Waals surface area contributed by atoms with Crippen molar-refractivity contribution in [3.8, 4) is 0 Å². The first-order valence-electron chi connectivity index (χ1n) is 4.49. The van der Waals surface area contributed by atoms with E-state index in [1.54, 1.807) is 12.4 Å². The van der Waals surface area contributed by atoms with Crippen molar-refractivity contribution in [3.05, 3.63) is 24.4 Å². The van der Waals surface area contributed by atoms with Gasteiger partial charge in [-0.25, -0.2) is 0 Å². The Bertz CT molecular complexity index is 96.2. The molecular weight excluding hydrogens is 146 g/mol. The second kappa shape index (κ2) is 32.0. The molecule has 0 heterocycles. The van der Waals surface area contributed by atoms with Gasteiger partial charge < -0.3 is 0 Å². The minimum atomic E-state index is 1.75. The Hall–Kier alpha value is -0.850. The quantitative estimate of drug-likeness (QED) is 0.411. The summed E-state index contributed by atoms with van der Waals surface area (Å²) in [5, 5.41) is 0. The van der Waals surface area contributed by atoms with Crippen molar-refractivity contribution >= 4 is 6.21 Å². The summed E-state index contributed by atoms with van der Waals surface area (Å²) >= 11 is 0. The molecule has 0 atom stereocenters. The molecule has 1 heteroatoms. The highest BCUT2D eigenvalue weighted by Gasteiger charge is 1.48. The first-order chi connectivity index (χ1) is 5.83. The van der Waals surface area contributed by atoms with E-state index in [1.165, 1.54) is 0 Å². The highest BCUT2D eigenvalue weighted by molar-refractivity contribution is 5.54. The van der Waals surface area contributed by atoms with Gasteiger partial charge in [-0.2, -0.15) is 0 Å². The molecule has 0 saturated carbocycles. The van der Waals surface area contributed by atoms with Crippen LogP contribution in [0.2, 0.25) is 0 Å². The zero-order valence-electron chi connectivity index (χ0n) is 9.33. The smallest absolute Gasteiger partial charge is 0.0221 e. The van der Waals surface area contributed by atoms with E-state index in [2.05, 4.69) is 4.99 Å². The summed E-state index contributed by atoms with van der Waals surface area (Å²) < 4.78 is 0. The summed E-state index contributed by atoms with van der Waals surface area (Å²) in [6, 6.07) is 0. The monoisotopic (exact) mass is 169 g/mol. The van der Waals surface area contributed by atoms with Gasteiger partial charge in [0.25, 0.3) is 0 Å². The molecule has 0 aromatic rings. The fourth-order valence-electron chi connectivity index (χ4n) is 0.172. The summed E-state index contributed by atoms with van der Waals surface area (Å²) in [6.45, 7) is 11.8. The Balaban J connectivity index is -0.000000118. The van der Waals surface area contributed by atoms with Gasteiger partial charge in [-0.3, -0.25) is 4.99 Å². The second-order valence-corrected chi connectivity index (χ2v) is 1.56. The van der Waals surface area contributed by atoms with Gasteiger partial charge in [0.2, 0.25) is 0 Å². The number of hydrogen-bond acceptors (Lipinski definition) is 1. The molecule has 0 amide bonds. The highest BCUT2D eigenvalue weighted by Crippen LogP contribution is 1.67. The lowest BCUT2D eigenvalue weighted by Gasteiger charge is -1.64. The first-order valence-corrected chi connectivity index (χ1v) is 4.49. The van der Waals surface area contributed by atoms with Crippen LogP contribution in [0.5, 0.6) is 0 Å². The summed E-state index contributed by atoms with van der Waals surface area (Å²) in [4.78, 5) is 3.78. The largest absolute Gasteiger partial charge is 0.270 e. The van der Waals surface area contributed by atoms with Gasteiger partial charge in [-0.05, 0) is 27.7 Å². The van der Waals surface area contributed by atoms with E-state index in [4.69, 9.17) is 0 Å². The third-order valence-electron chi connectivity index (χ3n) is 0.718. The predicted octanol–water partition coefficient (Wildman–Crippen LogP) is 4.22. The van der Waals surface area contributed by atoms with Crippen molar-refractivity contribution in [2.75, 3.05) is 0 Å². The summed E-state index contributed by atoms with van der Waals surface area (Å²) in [6.07, 6.45) is 9.39. The molecule has 0 saturated heterocycles. The Labute approximate surface area is 77.9 Å². The van der Waals surface area contributed by atoms with E-state index in [9.17, 15) is 0 Å². The second-order valence-electron chi connectivity index (χ2n) is 1.56. The van der Waals surface area contributed by atoms with E-state index >= 15 is 0 Å². The van der Waals surface area contributed by atoms with Crippen LogP contribution in [0.3, 0.4) is 0 Å². The number of hydrogen-bond donors (Lipinski definition) is 0. The molecule has 0 aromatic heterocycles. The SMILES string of the molecule is C/C=C/C.CC.CC=N/C=C\C. The van der Waals surface area contributed by atoms with Gasteiger partial charge >= 0.3 is 0 Å². The molecular formula is C11H23N. The highest BCUT2D eigenvalue weighted by atomic mass is 14.6. The molecule has 0 spiro atoms. The Morgan fingerprint density at radius 1 is 0.750 bits per heavy atom. The van der Waals surface area contributed by atoms with Crippen LogP contribution >= 0.6 is 0 Å². The van der Waals surface area contributed by atoms with Gasteiger partial charge in [0, 0.05) is 12.4 Å². The van der Waals surface area contributed by atoms with Gasteiger partial charge in [0.15, 0.2) is 0 Å². The van der Waals surface area contributed by atoms with Crippen LogP contribution < -0.4 is 0 Å². The van der Waals surface area contributed by atoms with Crippen molar-refractivity contribution in [2.24, 2.45) is 4.99 Å². The normalized spacial score (nSPS) is 9.50. The minimum Gasteiger partial charge on any atom is -0.270 e. The Morgan fingerprint density at radius 3 is 1.25 bits per heavy atom. The molecule has 0 N–H and O–H groups in total. The lowest BCUT2D eigenvalue weighted by molar-refractivity contribution is 1.50. The third-order valence-corrected chi connectivity index (χ3v) is 0.718. The van der Waals surface area contributed by atoms with Gasteiger partial charge in [-0.15, -0.1) is 0 Å². The Morgan fingerprint density at radius 2 is 1.17 bits per heavy atom. The molecule has 0 aliphatic carbocycles. The standard InChI is InChI=1S/C5H9N.C4H8.C2H6/c1-3-5-6-4-2;1-3-4-2;1-2/h3-5H,1-2H3;3-4H,1-2H3;1-2H3/b5-3-,6-4?;4-3+;. The zero-order valence-corrected chi connectivity index (χ0v) is 9.33. The summed E-state index contributed by atoms with van der Waals surface area (Å²) in [5.41, 5.74) is 0. The van der Waals surface area contributed by atoms with Crippen molar-refractivity contribution in [2.45, 2.75) is 41.5 Å². The van der Waals surface area contributed by atoms with Crippen LogP contribution in [0, 0.1) is 0 Å². The van der Waals surface area contributed by atoms with Gasteiger partial charge in [0.1, 0.15) is 0 Å². The maximum atomic E-state index is 3.78. The van der Waals surface area contributed by atoms with Crippen molar-refractivity contribution in [1.29, 1.82) is 0 Å². The molecule has 0 bridgehead atoms. The maximum Gasteiger partial charge on any atom is 0.0221 e. The molecule has 1 nitrogen and oxygen atoms in total. The van der Waals surface area contributed by atoms with Crippen molar-refractivity contribution in [3.63, 3.8) is 0 Å². The zero-order chi connectivity index (χ0) is 10.2. The van der Waals surface area contributed by atoms with E-state index in [-0.39, 0.29) is 0 Å². The van der Waals surface area contributed by atoms with E-state index < -0.39 is 0 Å². The number of aliphatic imine (C=N–C) groups is 1. The molecule has 0 rings (SSSR count). The predicted molar refractivity (Wildman–Crippen MR) is 60.8 cm³/mol. The lowest BCUT2D eigenvalue weighted by Crippen LogP contribution is -1.49. The lowest BCUT2D eigenvalue weighted by atomic mass is 10.6. The van der Waals surface area contributed by atoms with Crippen LogP contribution in [0.4, 0.5) is 0 Å². The minimum absolute atomic E-state index is 1.75. The average Bonchev–Trinajstić information content (AvgIpc) is 2.18. The van der Waals surface area contributed by atoms with E-state index in [0.29, 0.717) is 0 Å². The van der Waals surface area contributed by atoms with Crippen LogP contribution in [-0.2, 0) is 0 Å². The molecule has 0 aliphatic rings. The molecule has 0 fully saturated rings. The Kier molecular flexibility index (Phi) is 46.2. The maximum absolute atomic E-state index is 3.78. The van der Waals surface area contributed by atoms with Crippen LogP contribution in [-0.4, -0.2) is 6.21 Å². The average molecular weight is 169 g/mol. The topological polar surface area (TPSA) is 12.4 Å². The molecule has 0 radical (unpaired) electrons. The van der Waals surface area contributed by atoms with Gasteiger partial charge in [0.05, 0.1) is 0 Å². The fourth-order valence-corrected chi connectivity index (χ4v) is 0.172. The molecule has 72 valence electrons. The van der Waals surface area contributed by atoms with Crippen LogP contribution in [0.15, 0.2) is 29.4 Å². The third kappa shape index (κ3) is 61.3.